The summed E-state index contributed by atoms with van der Waals surface area (Å²) < 4.78 is 13.8. The molecule has 0 radical (unpaired) electrons. The number of ether oxygens (including phenoxy) is 2. The van der Waals surface area contributed by atoms with Crippen molar-refractivity contribution in [3.8, 4) is 17.0 Å². The Labute approximate surface area is 200 Å². The number of rotatable bonds is 6. The number of imidazole rings is 1. The number of aromatic nitrogens is 4. The first-order chi connectivity index (χ1) is 16.1. The van der Waals surface area contributed by atoms with Gasteiger partial charge in [0.1, 0.15) is 0 Å². The van der Waals surface area contributed by atoms with Crippen molar-refractivity contribution in [3.63, 3.8) is 0 Å². The molecular formula is C25H25AsN4O3. The fourth-order valence-electron chi connectivity index (χ4n) is 4.51. The molecule has 0 aliphatic heterocycles. The number of methoxy groups -OCH3 is 1. The number of fused-ring (bicyclic) bond motifs is 1. The molecule has 0 saturated heterocycles. The molecule has 4 aromatic rings. The van der Waals surface area contributed by atoms with Crippen LogP contribution in [-0.4, -0.2) is 49.5 Å². The van der Waals surface area contributed by atoms with E-state index in [0.717, 1.165) is 57.7 Å². The van der Waals surface area contributed by atoms with E-state index in [9.17, 15) is 4.79 Å². The maximum atomic E-state index is 12.1. The summed E-state index contributed by atoms with van der Waals surface area (Å²) in [7, 11) is 1.45. The first-order valence-corrected chi connectivity index (χ1v) is 12.2. The third-order valence-electron chi connectivity index (χ3n) is 6.17. The summed E-state index contributed by atoms with van der Waals surface area (Å²) in [4.78, 5) is 21.5. The van der Waals surface area contributed by atoms with Gasteiger partial charge in [-0.2, -0.15) is 0 Å². The van der Waals surface area contributed by atoms with Crippen LogP contribution in [0.1, 0.15) is 36.6 Å². The van der Waals surface area contributed by atoms with E-state index in [1.54, 1.807) is 6.33 Å². The molecule has 2 heterocycles. The normalized spacial score (nSPS) is 17.9. The van der Waals surface area contributed by atoms with Crippen LogP contribution in [0.25, 0.3) is 16.8 Å². The average Bonchev–Trinajstić information content (AvgIpc) is 3.49. The minimum atomic E-state index is -0.143. The Kier molecular flexibility index (Phi) is 6.14. The quantitative estimate of drug-likeness (QED) is 0.297. The Morgan fingerprint density at radius 1 is 1.15 bits per heavy atom. The molecule has 3 unspecified atom stereocenters. The van der Waals surface area contributed by atoms with Crippen LogP contribution in [0.4, 0.5) is 0 Å². The molecule has 3 atom stereocenters. The van der Waals surface area contributed by atoms with Crippen molar-refractivity contribution in [1.29, 1.82) is 0 Å². The van der Waals surface area contributed by atoms with E-state index in [4.69, 9.17) is 14.5 Å². The number of nitrogens with zero attached hydrogens (tertiary/aromatic N) is 4. The number of hydrogen-bond acceptors (Lipinski definition) is 6. The second-order valence-electron chi connectivity index (χ2n) is 8.26. The van der Waals surface area contributed by atoms with Gasteiger partial charge < -0.3 is 0 Å². The molecular weight excluding hydrogens is 479 g/mol. The predicted molar refractivity (Wildman–Crippen MR) is 127 cm³/mol. The topological polar surface area (TPSA) is 78.6 Å². The van der Waals surface area contributed by atoms with E-state index in [1.165, 1.54) is 24.0 Å². The summed E-state index contributed by atoms with van der Waals surface area (Å²) in [6.45, 7) is 0.502. The fourth-order valence-corrected chi connectivity index (χ4v) is 5.20. The minimum absolute atomic E-state index is 0.0855. The van der Waals surface area contributed by atoms with E-state index in [0.29, 0.717) is 6.61 Å². The van der Waals surface area contributed by atoms with Gasteiger partial charge in [-0.1, -0.05) is 0 Å². The molecule has 1 fully saturated rings. The van der Waals surface area contributed by atoms with Crippen LogP contribution >= 0.6 is 0 Å². The van der Waals surface area contributed by atoms with Crippen LogP contribution in [0.15, 0.2) is 60.9 Å². The summed E-state index contributed by atoms with van der Waals surface area (Å²) in [5.74, 6) is 1.58. The maximum absolute atomic E-state index is 12.1. The summed E-state index contributed by atoms with van der Waals surface area (Å²) in [6, 6.07) is 18.1. The molecule has 168 valence electrons. The second-order valence-corrected chi connectivity index (χ2v) is 9.40. The van der Waals surface area contributed by atoms with Crippen molar-refractivity contribution in [3.05, 3.63) is 72.3 Å². The monoisotopic (exact) mass is 504 g/mol. The van der Waals surface area contributed by atoms with Crippen molar-refractivity contribution in [1.82, 2.24) is 19.6 Å². The van der Waals surface area contributed by atoms with Crippen LogP contribution in [-0.2, 0) is 16.1 Å². The van der Waals surface area contributed by atoms with Gasteiger partial charge in [0, 0.05) is 0 Å². The van der Waals surface area contributed by atoms with Gasteiger partial charge in [-0.25, -0.2) is 0 Å². The third-order valence-corrected chi connectivity index (χ3v) is 7.06. The van der Waals surface area contributed by atoms with Gasteiger partial charge in [-0.3, -0.25) is 0 Å². The molecule has 0 bridgehead atoms. The molecule has 2 aromatic carbocycles. The summed E-state index contributed by atoms with van der Waals surface area (Å²) >= 11 is 1.43. The molecule has 0 N–H and O–H groups in total. The molecule has 1 aliphatic rings. The molecule has 5 rings (SSSR count). The van der Waals surface area contributed by atoms with Crippen LogP contribution in [0.2, 0.25) is 0 Å². The van der Waals surface area contributed by atoms with Crippen LogP contribution in [0, 0.1) is 5.92 Å². The van der Waals surface area contributed by atoms with Crippen molar-refractivity contribution < 1.29 is 14.3 Å². The molecule has 0 spiro atoms. The summed E-state index contributed by atoms with van der Waals surface area (Å²) in [6.07, 6.45) is 3.98. The van der Waals surface area contributed by atoms with Crippen molar-refractivity contribution in [2.75, 3.05) is 7.11 Å². The van der Waals surface area contributed by atoms with Crippen molar-refractivity contribution in [2.45, 2.75) is 31.8 Å². The average molecular weight is 504 g/mol. The van der Waals surface area contributed by atoms with E-state index in [1.807, 2.05) is 59.1 Å². The number of benzene rings is 2. The van der Waals surface area contributed by atoms with Crippen LogP contribution < -0.4 is 9.22 Å². The zero-order chi connectivity index (χ0) is 22.8. The Morgan fingerprint density at radius 2 is 2.00 bits per heavy atom. The van der Waals surface area contributed by atoms with Gasteiger partial charge in [0.15, 0.2) is 0 Å². The van der Waals surface area contributed by atoms with Crippen molar-refractivity contribution >= 4 is 32.8 Å². The number of esters is 1. The van der Waals surface area contributed by atoms with Crippen molar-refractivity contribution in [2.24, 2.45) is 5.92 Å². The van der Waals surface area contributed by atoms with Gasteiger partial charge in [0.2, 0.25) is 0 Å². The Balaban J connectivity index is 1.48. The van der Waals surface area contributed by atoms with Gasteiger partial charge >= 0.3 is 201 Å². The van der Waals surface area contributed by atoms with Crippen LogP contribution in [0.3, 0.4) is 0 Å². The standard InChI is InChI=1S/C25H25AsN4O3/c1-32-25(31)19-11-10-18(12-19)24-29-21(22-23(26)27-15-28-30(22)24)17-8-5-9-20(13-17)33-14-16-6-3-2-4-7-16/h2-9,13,15,18-19H,10-12,14,26H2,1H3. The number of hydrogen-bond donors (Lipinski definition) is 0. The Morgan fingerprint density at radius 3 is 2.82 bits per heavy atom. The predicted octanol–water partition coefficient (Wildman–Crippen LogP) is 2.69. The molecule has 0 amide bonds. The Hall–Kier alpha value is -3.18. The van der Waals surface area contributed by atoms with Crippen LogP contribution in [0.5, 0.6) is 5.75 Å². The van der Waals surface area contributed by atoms with Gasteiger partial charge in [-0.05, 0) is 0 Å². The molecule has 1 saturated carbocycles. The summed E-state index contributed by atoms with van der Waals surface area (Å²) in [5, 5.41) is 4.53. The Bertz CT molecular complexity index is 1290. The zero-order valence-corrected chi connectivity index (χ0v) is 20.8. The number of carbonyl (C=O) groups excluding carboxylic acids is 1. The SMILES string of the molecule is COC(=O)C1CCC(c2nc(-c3cccc(OCc4ccccc4)c3)c3c([AsH2])ncnn23)C1. The molecule has 33 heavy (non-hydrogen) atoms. The molecule has 8 heteroatoms. The van der Waals surface area contributed by atoms with E-state index in [-0.39, 0.29) is 17.8 Å². The first kappa shape index (κ1) is 21.7. The molecule has 1 aliphatic carbocycles. The second kappa shape index (κ2) is 9.36. The van der Waals surface area contributed by atoms with E-state index >= 15 is 0 Å². The van der Waals surface area contributed by atoms with Gasteiger partial charge in [0.25, 0.3) is 0 Å². The first-order valence-electron chi connectivity index (χ1n) is 11.0. The zero-order valence-electron chi connectivity index (χ0n) is 18.3. The number of carbonyl (C=O) groups is 1. The summed E-state index contributed by atoms with van der Waals surface area (Å²) in [5.41, 5.74) is 3.83. The third kappa shape index (κ3) is 4.38. The van der Waals surface area contributed by atoms with E-state index in [2.05, 4.69) is 10.1 Å². The van der Waals surface area contributed by atoms with E-state index < -0.39 is 0 Å². The molecule has 7 nitrogen and oxygen atoms in total. The van der Waals surface area contributed by atoms with Gasteiger partial charge in [-0.15, -0.1) is 0 Å². The van der Waals surface area contributed by atoms with Gasteiger partial charge in [0.05, 0.1) is 0 Å². The fraction of sp³-hybridized carbons (Fsp3) is 0.280. The molecule has 2 aromatic heterocycles.